The third-order valence-electron chi connectivity index (χ3n) is 3.66. The largest absolute Gasteiger partial charge is 0.328 e. The second-order valence-corrected chi connectivity index (χ2v) is 6.21. The highest BCUT2D eigenvalue weighted by atomic mass is 79.9. The van der Waals surface area contributed by atoms with Crippen LogP contribution in [0.3, 0.4) is 0 Å². The van der Waals surface area contributed by atoms with Crippen LogP contribution in [-0.2, 0) is 6.42 Å². The van der Waals surface area contributed by atoms with Crippen molar-refractivity contribution in [2.45, 2.75) is 33.1 Å². The number of aromatic nitrogens is 3. The minimum atomic E-state index is -0.408. The normalized spacial score (nSPS) is 11.9. The SMILES string of the molecule is CCc1c(C(C)C)[nH]c2nc3cc(Br)c(F)cc3n2c1=O. The highest BCUT2D eigenvalue weighted by Gasteiger charge is 2.17. The number of halogens is 2. The van der Waals surface area contributed by atoms with Gasteiger partial charge in [0, 0.05) is 17.3 Å². The van der Waals surface area contributed by atoms with E-state index in [9.17, 15) is 9.18 Å². The summed E-state index contributed by atoms with van der Waals surface area (Å²) in [5, 5.41) is 0. The van der Waals surface area contributed by atoms with Gasteiger partial charge in [0.2, 0.25) is 5.78 Å². The van der Waals surface area contributed by atoms with Crippen LogP contribution in [0.25, 0.3) is 16.8 Å². The first-order valence-electron chi connectivity index (χ1n) is 6.86. The van der Waals surface area contributed by atoms with Gasteiger partial charge in [-0.3, -0.25) is 4.79 Å². The van der Waals surface area contributed by atoms with Crippen molar-refractivity contribution in [2.24, 2.45) is 0 Å². The molecule has 0 radical (unpaired) electrons. The Morgan fingerprint density at radius 2 is 2.14 bits per heavy atom. The molecule has 0 aliphatic rings. The van der Waals surface area contributed by atoms with Crippen LogP contribution in [0.5, 0.6) is 0 Å². The molecule has 2 heterocycles. The molecular weight excluding hydrogens is 337 g/mol. The maximum absolute atomic E-state index is 13.8. The first-order chi connectivity index (χ1) is 9.93. The van der Waals surface area contributed by atoms with E-state index >= 15 is 0 Å². The second kappa shape index (κ2) is 4.94. The summed E-state index contributed by atoms with van der Waals surface area (Å²) >= 11 is 3.15. The predicted molar refractivity (Wildman–Crippen MR) is 84.4 cm³/mol. The van der Waals surface area contributed by atoms with Crippen LogP contribution < -0.4 is 5.56 Å². The van der Waals surface area contributed by atoms with Crippen molar-refractivity contribution in [3.8, 4) is 0 Å². The van der Waals surface area contributed by atoms with Gasteiger partial charge in [-0.25, -0.2) is 13.8 Å². The fourth-order valence-electron chi connectivity index (χ4n) is 2.64. The standard InChI is InChI=1S/C15H15BrFN3O/c1-4-8-13(7(2)3)19-15-18-11-5-9(16)10(17)6-12(11)20(15)14(8)21/h5-7H,4H2,1-3H3,(H,18,19). The van der Waals surface area contributed by atoms with E-state index in [2.05, 4.69) is 25.9 Å². The molecule has 0 aliphatic carbocycles. The summed E-state index contributed by atoms with van der Waals surface area (Å²) in [5.74, 6) is 0.240. The van der Waals surface area contributed by atoms with Crippen molar-refractivity contribution in [1.82, 2.24) is 14.4 Å². The molecule has 0 saturated carbocycles. The first kappa shape index (κ1) is 14.3. The van der Waals surface area contributed by atoms with Crippen LogP contribution in [0, 0.1) is 5.82 Å². The average Bonchev–Trinajstić information content (AvgIpc) is 2.76. The van der Waals surface area contributed by atoms with E-state index < -0.39 is 5.82 Å². The number of rotatable bonds is 2. The van der Waals surface area contributed by atoms with E-state index in [1.807, 2.05) is 20.8 Å². The monoisotopic (exact) mass is 351 g/mol. The van der Waals surface area contributed by atoms with Crippen LogP contribution in [0.15, 0.2) is 21.4 Å². The Morgan fingerprint density at radius 1 is 1.43 bits per heavy atom. The van der Waals surface area contributed by atoms with E-state index in [1.165, 1.54) is 10.5 Å². The number of H-pyrrole nitrogens is 1. The first-order valence-corrected chi connectivity index (χ1v) is 7.65. The fraction of sp³-hybridized carbons (Fsp3) is 0.333. The molecular formula is C15H15BrFN3O. The van der Waals surface area contributed by atoms with E-state index in [4.69, 9.17) is 0 Å². The number of aromatic amines is 1. The molecule has 0 unspecified atom stereocenters. The molecule has 0 spiro atoms. The summed E-state index contributed by atoms with van der Waals surface area (Å²) in [6, 6.07) is 2.93. The smallest absolute Gasteiger partial charge is 0.262 e. The third kappa shape index (κ3) is 2.09. The molecule has 1 N–H and O–H groups in total. The number of benzene rings is 1. The molecule has 0 amide bonds. The Balaban J connectivity index is 2.52. The zero-order valence-corrected chi connectivity index (χ0v) is 13.6. The zero-order chi connectivity index (χ0) is 15.3. The van der Waals surface area contributed by atoms with E-state index in [1.54, 1.807) is 6.07 Å². The van der Waals surface area contributed by atoms with Gasteiger partial charge >= 0.3 is 0 Å². The molecule has 2 aromatic heterocycles. The van der Waals surface area contributed by atoms with Crippen LogP contribution in [0.4, 0.5) is 4.39 Å². The van der Waals surface area contributed by atoms with E-state index in [0.29, 0.717) is 27.7 Å². The molecule has 3 aromatic rings. The third-order valence-corrected chi connectivity index (χ3v) is 4.27. The maximum Gasteiger partial charge on any atom is 0.262 e. The van der Waals surface area contributed by atoms with Crippen LogP contribution in [0.2, 0.25) is 0 Å². The average molecular weight is 352 g/mol. The van der Waals surface area contributed by atoms with Crippen LogP contribution in [0.1, 0.15) is 37.9 Å². The van der Waals surface area contributed by atoms with Gasteiger partial charge in [-0.2, -0.15) is 0 Å². The van der Waals surface area contributed by atoms with Crippen LogP contribution >= 0.6 is 15.9 Å². The number of nitrogens with one attached hydrogen (secondary N) is 1. The van der Waals surface area contributed by atoms with Crippen molar-refractivity contribution >= 4 is 32.7 Å². The number of fused-ring (bicyclic) bond motifs is 3. The van der Waals surface area contributed by atoms with Crippen molar-refractivity contribution in [2.75, 3.05) is 0 Å². The second-order valence-electron chi connectivity index (χ2n) is 5.36. The highest BCUT2D eigenvalue weighted by molar-refractivity contribution is 9.10. The summed E-state index contributed by atoms with van der Waals surface area (Å²) in [7, 11) is 0. The lowest BCUT2D eigenvalue weighted by molar-refractivity contribution is 0.622. The van der Waals surface area contributed by atoms with Gasteiger partial charge in [0.15, 0.2) is 0 Å². The van der Waals surface area contributed by atoms with Crippen LogP contribution in [-0.4, -0.2) is 14.4 Å². The van der Waals surface area contributed by atoms with Gasteiger partial charge in [0.25, 0.3) is 5.56 Å². The van der Waals surface area contributed by atoms with E-state index in [0.717, 1.165) is 11.3 Å². The molecule has 21 heavy (non-hydrogen) atoms. The quantitative estimate of drug-likeness (QED) is 0.763. The summed E-state index contributed by atoms with van der Waals surface area (Å²) in [6.07, 6.45) is 0.622. The molecule has 0 bridgehead atoms. The van der Waals surface area contributed by atoms with Gasteiger partial charge in [-0.15, -0.1) is 0 Å². The lowest BCUT2D eigenvalue weighted by Gasteiger charge is -2.11. The van der Waals surface area contributed by atoms with Gasteiger partial charge < -0.3 is 4.98 Å². The van der Waals surface area contributed by atoms with Crippen molar-refractivity contribution in [3.05, 3.63) is 44.0 Å². The molecule has 6 heteroatoms. The van der Waals surface area contributed by atoms with Crippen molar-refractivity contribution < 1.29 is 4.39 Å². The highest BCUT2D eigenvalue weighted by Crippen LogP contribution is 2.24. The summed E-state index contributed by atoms with van der Waals surface area (Å²) in [6.45, 7) is 6.00. The molecule has 0 aliphatic heterocycles. The maximum atomic E-state index is 13.8. The van der Waals surface area contributed by atoms with Crippen molar-refractivity contribution in [1.29, 1.82) is 0 Å². The molecule has 1 aromatic carbocycles. The molecule has 110 valence electrons. The van der Waals surface area contributed by atoms with Gasteiger partial charge in [0.05, 0.1) is 15.5 Å². The summed E-state index contributed by atoms with van der Waals surface area (Å²) < 4.78 is 15.6. The lowest BCUT2D eigenvalue weighted by atomic mass is 10.0. The molecule has 0 fully saturated rings. The Bertz CT molecular complexity index is 911. The van der Waals surface area contributed by atoms with Gasteiger partial charge in [0.1, 0.15) is 5.82 Å². The lowest BCUT2D eigenvalue weighted by Crippen LogP contribution is -2.22. The summed E-state index contributed by atoms with van der Waals surface area (Å²) in [4.78, 5) is 20.4. The molecule has 0 saturated heterocycles. The van der Waals surface area contributed by atoms with Crippen molar-refractivity contribution in [3.63, 3.8) is 0 Å². The Kier molecular flexibility index (Phi) is 3.36. The van der Waals surface area contributed by atoms with E-state index in [-0.39, 0.29) is 11.5 Å². The Morgan fingerprint density at radius 3 is 2.76 bits per heavy atom. The number of imidazole rings is 1. The number of nitrogens with zero attached hydrogens (tertiary/aromatic N) is 2. The topological polar surface area (TPSA) is 50.2 Å². The number of hydrogen-bond acceptors (Lipinski definition) is 2. The predicted octanol–water partition coefficient (Wildman–Crippen LogP) is 3.76. The molecule has 4 nitrogen and oxygen atoms in total. The van der Waals surface area contributed by atoms with Gasteiger partial charge in [-0.1, -0.05) is 20.8 Å². The Hall–Kier alpha value is -1.69. The molecule has 3 rings (SSSR count). The summed E-state index contributed by atoms with van der Waals surface area (Å²) in [5.41, 5.74) is 2.56. The number of hydrogen-bond donors (Lipinski definition) is 1. The van der Waals surface area contributed by atoms with Gasteiger partial charge in [-0.05, 0) is 34.3 Å². The minimum absolute atomic E-state index is 0.126. The molecule has 0 atom stereocenters. The zero-order valence-electron chi connectivity index (χ0n) is 12.0. The Labute approximate surface area is 129 Å². The minimum Gasteiger partial charge on any atom is -0.328 e. The fourth-order valence-corrected chi connectivity index (χ4v) is 2.97.